The van der Waals surface area contributed by atoms with Crippen molar-refractivity contribution in [1.29, 1.82) is 0 Å². The zero-order chi connectivity index (χ0) is 18.1. The van der Waals surface area contributed by atoms with Gasteiger partial charge in [0.05, 0.1) is 0 Å². The number of hydrogen-bond donors (Lipinski definition) is 1. The zero-order valence-corrected chi connectivity index (χ0v) is 14.4. The van der Waals surface area contributed by atoms with Crippen LogP contribution in [0.2, 0.25) is 0 Å². The highest BCUT2D eigenvalue weighted by atomic mass is 19.1. The zero-order valence-electron chi connectivity index (χ0n) is 14.4. The minimum atomic E-state index is -0.393. The first-order chi connectivity index (χ1) is 12.6. The van der Waals surface area contributed by atoms with E-state index in [2.05, 4.69) is 16.3 Å². The van der Waals surface area contributed by atoms with Gasteiger partial charge in [-0.1, -0.05) is 6.07 Å². The summed E-state index contributed by atoms with van der Waals surface area (Å²) in [7, 11) is 0. The fraction of sp³-hybridized carbons (Fsp3) is 0.300. The van der Waals surface area contributed by atoms with Crippen molar-refractivity contribution in [2.45, 2.75) is 12.8 Å². The SMILES string of the molecule is O=C1CCc2cc(N3CCN(C(=O)c4cccc(F)c4)CC3)ccc2N1. The molecule has 5 nitrogen and oxygen atoms in total. The lowest BCUT2D eigenvalue weighted by Crippen LogP contribution is -2.48. The summed E-state index contributed by atoms with van der Waals surface area (Å²) in [6, 6.07) is 11.9. The van der Waals surface area contributed by atoms with Gasteiger partial charge in [-0.3, -0.25) is 9.59 Å². The minimum absolute atomic E-state index is 0.0646. The molecule has 4 rings (SSSR count). The van der Waals surface area contributed by atoms with Gasteiger partial charge in [0.1, 0.15) is 5.82 Å². The maximum absolute atomic E-state index is 13.3. The number of hydrogen-bond acceptors (Lipinski definition) is 3. The molecule has 1 fully saturated rings. The second-order valence-corrected chi connectivity index (χ2v) is 6.68. The molecule has 0 unspecified atom stereocenters. The standard InChI is InChI=1S/C20H20FN3O2/c21-16-3-1-2-15(12-16)20(26)24-10-8-23(9-11-24)17-5-6-18-14(13-17)4-7-19(25)22-18/h1-3,5-6,12-13H,4,7-11H2,(H,22,25). The van der Waals surface area contributed by atoms with E-state index in [1.54, 1.807) is 17.0 Å². The van der Waals surface area contributed by atoms with E-state index >= 15 is 0 Å². The Morgan fingerprint density at radius 2 is 1.81 bits per heavy atom. The van der Waals surface area contributed by atoms with E-state index in [9.17, 15) is 14.0 Å². The minimum Gasteiger partial charge on any atom is -0.368 e. The lowest BCUT2D eigenvalue weighted by molar-refractivity contribution is -0.116. The van der Waals surface area contributed by atoms with E-state index in [0.29, 0.717) is 25.1 Å². The van der Waals surface area contributed by atoms with E-state index < -0.39 is 5.82 Å². The first-order valence-corrected chi connectivity index (χ1v) is 8.83. The Morgan fingerprint density at radius 3 is 2.58 bits per heavy atom. The summed E-state index contributed by atoms with van der Waals surface area (Å²) in [5.74, 6) is -0.456. The summed E-state index contributed by atoms with van der Waals surface area (Å²) in [5, 5.41) is 2.89. The molecule has 2 amide bonds. The molecule has 1 saturated heterocycles. The van der Waals surface area contributed by atoms with Gasteiger partial charge >= 0.3 is 0 Å². The van der Waals surface area contributed by atoms with Crippen LogP contribution in [-0.2, 0) is 11.2 Å². The van der Waals surface area contributed by atoms with E-state index in [1.807, 2.05) is 12.1 Å². The van der Waals surface area contributed by atoms with E-state index in [1.165, 1.54) is 12.1 Å². The van der Waals surface area contributed by atoms with Gasteiger partial charge in [-0.05, 0) is 48.4 Å². The lowest BCUT2D eigenvalue weighted by atomic mass is 10.0. The van der Waals surface area contributed by atoms with Gasteiger partial charge in [0.2, 0.25) is 5.91 Å². The van der Waals surface area contributed by atoms with Crippen LogP contribution in [0.15, 0.2) is 42.5 Å². The molecule has 0 atom stereocenters. The topological polar surface area (TPSA) is 52.7 Å². The van der Waals surface area contributed by atoms with Crippen molar-refractivity contribution >= 4 is 23.2 Å². The Hall–Kier alpha value is -2.89. The number of nitrogens with one attached hydrogen (secondary N) is 1. The first-order valence-electron chi connectivity index (χ1n) is 8.83. The maximum Gasteiger partial charge on any atom is 0.254 e. The second kappa shape index (κ2) is 6.78. The van der Waals surface area contributed by atoms with Crippen molar-refractivity contribution in [1.82, 2.24) is 4.90 Å². The summed E-state index contributed by atoms with van der Waals surface area (Å²) in [6.45, 7) is 2.66. The number of nitrogens with zero attached hydrogens (tertiary/aromatic N) is 2. The molecule has 0 bridgehead atoms. The summed E-state index contributed by atoms with van der Waals surface area (Å²) in [5.41, 5.74) is 3.55. The Morgan fingerprint density at radius 1 is 1.00 bits per heavy atom. The Labute approximate surface area is 151 Å². The van der Waals surface area contributed by atoms with Crippen LogP contribution >= 0.6 is 0 Å². The van der Waals surface area contributed by atoms with Gasteiger partial charge in [-0.25, -0.2) is 4.39 Å². The average molecular weight is 353 g/mol. The molecule has 0 radical (unpaired) electrons. The third-order valence-corrected chi connectivity index (χ3v) is 4.99. The lowest BCUT2D eigenvalue weighted by Gasteiger charge is -2.36. The molecule has 2 aliphatic heterocycles. The van der Waals surface area contributed by atoms with Gasteiger partial charge in [0.15, 0.2) is 0 Å². The summed E-state index contributed by atoms with van der Waals surface area (Å²) < 4.78 is 13.3. The third kappa shape index (κ3) is 3.27. The molecule has 0 spiro atoms. The largest absolute Gasteiger partial charge is 0.368 e. The van der Waals surface area contributed by atoms with Crippen molar-refractivity contribution in [3.8, 4) is 0 Å². The number of halogens is 1. The normalized spacial score (nSPS) is 16.9. The molecule has 0 aromatic heterocycles. The highest BCUT2D eigenvalue weighted by Crippen LogP contribution is 2.28. The number of amides is 2. The van der Waals surface area contributed by atoms with Gasteiger partial charge in [0.25, 0.3) is 5.91 Å². The van der Waals surface area contributed by atoms with Crippen molar-refractivity contribution in [2.24, 2.45) is 0 Å². The monoisotopic (exact) mass is 353 g/mol. The molecule has 1 N–H and O–H groups in total. The van der Waals surface area contributed by atoms with Crippen LogP contribution in [0.5, 0.6) is 0 Å². The Kier molecular flexibility index (Phi) is 4.32. The highest BCUT2D eigenvalue weighted by molar-refractivity contribution is 5.95. The molecule has 0 aliphatic carbocycles. The number of rotatable bonds is 2. The number of benzene rings is 2. The van der Waals surface area contributed by atoms with E-state index in [4.69, 9.17) is 0 Å². The van der Waals surface area contributed by atoms with Crippen molar-refractivity contribution in [3.63, 3.8) is 0 Å². The van der Waals surface area contributed by atoms with E-state index in [0.717, 1.165) is 36.4 Å². The van der Waals surface area contributed by atoms with Crippen LogP contribution in [0.3, 0.4) is 0 Å². The van der Waals surface area contributed by atoms with Gasteiger partial charge in [-0.2, -0.15) is 0 Å². The molecule has 0 saturated carbocycles. The molecule has 6 heteroatoms. The Balaban J connectivity index is 1.42. The molecular formula is C20H20FN3O2. The quantitative estimate of drug-likeness (QED) is 0.903. The van der Waals surface area contributed by atoms with Gasteiger partial charge in [-0.15, -0.1) is 0 Å². The predicted molar refractivity (Wildman–Crippen MR) is 97.9 cm³/mol. The fourth-order valence-electron chi connectivity index (χ4n) is 3.54. The molecule has 2 aromatic carbocycles. The van der Waals surface area contributed by atoms with Gasteiger partial charge in [0, 0.05) is 49.5 Å². The van der Waals surface area contributed by atoms with Crippen LogP contribution in [0.1, 0.15) is 22.3 Å². The first kappa shape index (κ1) is 16.6. The summed E-state index contributed by atoms with van der Waals surface area (Å²) >= 11 is 0. The molecule has 2 aliphatic rings. The van der Waals surface area contributed by atoms with Crippen molar-refractivity contribution in [2.75, 3.05) is 36.4 Å². The molecular weight excluding hydrogens is 333 g/mol. The molecule has 2 heterocycles. The Bertz CT molecular complexity index is 860. The molecule has 26 heavy (non-hydrogen) atoms. The number of aryl methyl sites for hydroxylation is 1. The number of carbonyl (C=O) groups excluding carboxylic acids is 2. The summed E-state index contributed by atoms with van der Waals surface area (Å²) in [6.07, 6.45) is 1.28. The molecule has 134 valence electrons. The fourth-order valence-corrected chi connectivity index (χ4v) is 3.54. The number of carbonyl (C=O) groups is 2. The van der Waals surface area contributed by atoms with Crippen LogP contribution in [0, 0.1) is 5.82 Å². The smallest absolute Gasteiger partial charge is 0.254 e. The number of anilines is 2. The van der Waals surface area contributed by atoms with Gasteiger partial charge < -0.3 is 15.1 Å². The maximum atomic E-state index is 13.3. The predicted octanol–water partition coefficient (Wildman–Crippen LogP) is 2.67. The third-order valence-electron chi connectivity index (χ3n) is 4.99. The van der Waals surface area contributed by atoms with Crippen LogP contribution in [0.25, 0.3) is 0 Å². The van der Waals surface area contributed by atoms with Crippen molar-refractivity contribution < 1.29 is 14.0 Å². The second-order valence-electron chi connectivity index (χ2n) is 6.68. The summed E-state index contributed by atoms with van der Waals surface area (Å²) in [4.78, 5) is 28.0. The highest BCUT2D eigenvalue weighted by Gasteiger charge is 2.23. The number of fused-ring (bicyclic) bond motifs is 1. The number of piperazine rings is 1. The molecule has 2 aromatic rings. The van der Waals surface area contributed by atoms with E-state index in [-0.39, 0.29) is 11.8 Å². The van der Waals surface area contributed by atoms with Crippen molar-refractivity contribution in [3.05, 3.63) is 59.4 Å². The van der Waals surface area contributed by atoms with Crippen LogP contribution in [0.4, 0.5) is 15.8 Å². The van der Waals surface area contributed by atoms with Crippen LogP contribution in [-0.4, -0.2) is 42.9 Å². The van der Waals surface area contributed by atoms with Crippen LogP contribution < -0.4 is 10.2 Å². The average Bonchev–Trinajstić information content (AvgIpc) is 2.67.